The van der Waals surface area contributed by atoms with Crippen molar-refractivity contribution in [1.29, 1.82) is 0 Å². The van der Waals surface area contributed by atoms with Crippen molar-refractivity contribution >= 4 is 11.8 Å². The Kier molecular flexibility index (Phi) is 8.16. The highest BCUT2D eigenvalue weighted by Gasteiger charge is 2.08. The molecule has 27 heavy (non-hydrogen) atoms. The number of rotatable bonds is 9. The summed E-state index contributed by atoms with van der Waals surface area (Å²) in [6, 6.07) is 14.2. The molecule has 2 aromatic rings. The fourth-order valence-corrected chi connectivity index (χ4v) is 2.33. The van der Waals surface area contributed by atoms with Crippen LogP contribution in [0.15, 0.2) is 48.5 Å². The maximum Gasteiger partial charge on any atom is 0.276 e. The monoisotopic (exact) mass is 370 g/mol. The number of hydrazine groups is 1. The van der Waals surface area contributed by atoms with Crippen LogP contribution in [-0.2, 0) is 4.79 Å². The van der Waals surface area contributed by atoms with E-state index in [4.69, 9.17) is 9.47 Å². The molecule has 0 aliphatic rings. The summed E-state index contributed by atoms with van der Waals surface area (Å²) in [5.74, 6) is 0.474. The number of carbonyl (C=O) groups is 2. The van der Waals surface area contributed by atoms with Crippen molar-refractivity contribution in [3.63, 3.8) is 0 Å². The highest BCUT2D eigenvalue weighted by molar-refractivity contribution is 5.95. The molecule has 0 heterocycles. The van der Waals surface area contributed by atoms with Crippen LogP contribution < -0.4 is 20.3 Å². The minimum atomic E-state index is -0.444. The molecule has 0 aromatic heterocycles. The minimum Gasteiger partial charge on any atom is -0.494 e. The molecule has 0 aliphatic heterocycles. The molecule has 144 valence electrons. The summed E-state index contributed by atoms with van der Waals surface area (Å²) in [5, 5.41) is 0. The molecular weight excluding hydrogens is 344 g/mol. The molecule has 0 saturated carbocycles. The summed E-state index contributed by atoms with van der Waals surface area (Å²) >= 11 is 0. The standard InChI is InChI=1S/C21H26N2O4/c1-3-4-5-13-26-18-11-9-17(10-12-18)21(25)23-22-20(24)15-27-19-8-6-7-16(2)14-19/h6-12,14H,3-5,13,15H2,1-2H3,(H,22,24)(H,23,25). The number of benzene rings is 2. The fourth-order valence-electron chi connectivity index (χ4n) is 2.33. The molecule has 2 aromatic carbocycles. The van der Waals surface area contributed by atoms with E-state index in [-0.39, 0.29) is 6.61 Å². The Morgan fingerprint density at radius 3 is 2.41 bits per heavy atom. The van der Waals surface area contributed by atoms with E-state index in [0.717, 1.165) is 30.6 Å². The predicted octanol–water partition coefficient (Wildman–Crippen LogP) is 3.40. The lowest BCUT2D eigenvalue weighted by Gasteiger charge is -2.10. The zero-order valence-electron chi connectivity index (χ0n) is 15.8. The molecule has 0 spiro atoms. The zero-order valence-corrected chi connectivity index (χ0v) is 15.8. The molecule has 2 rings (SSSR count). The SMILES string of the molecule is CCCCCOc1ccc(C(=O)NNC(=O)COc2cccc(C)c2)cc1. The lowest BCUT2D eigenvalue weighted by molar-refractivity contribution is -0.123. The summed E-state index contributed by atoms with van der Waals surface area (Å²) in [6.07, 6.45) is 3.29. The van der Waals surface area contributed by atoms with Gasteiger partial charge in [0.15, 0.2) is 6.61 Å². The van der Waals surface area contributed by atoms with Crippen molar-refractivity contribution in [3.05, 3.63) is 59.7 Å². The van der Waals surface area contributed by atoms with Gasteiger partial charge in [-0.05, 0) is 55.3 Å². The molecule has 0 fully saturated rings. The van der Waals surface area contributed by atoms with E-state index in [1.807, 2.05) is 25.1 Å². The van der Waals surface area contributed by atoms with Gasteiger partial charge in [-0.25, -0.2) is 0 Å². The van der Waals surface area contributed by atoms with Gasteiger partial charge in [0.05, 0.1) is 6.61 Å². The summed E-state index contributed by atoms with van der Waals surface area (Å²) in [6.45, 7) is 4.56. The Balaban J connectivity index is 1.72. The van der Waals surface area contributed by atoms with E-state index in [0.29, 0.717) is 17.9 Å². The van der Waals surface area contributed by atoms with E-state index in [1.54, 1.807) is 30.3 Å². The smallest absolute Gasteiger partial charge is 0.276 e. The second kappa shape index (κ2) is 10.9. The third kappa shape index (κ3) is 7.40. The summed E-state index contributed by atoms with van der Waals surface area (Å²) < 4.78 is 11.0. The number of carbonyl (C=O) groups excluding carboxylic acids is 2. The van der Waals surface area contributed by atoms with Crippen LogP contribution in [0, 0.1) is 6.92 Å². The topological polar surface area (TPSA) is 76.7 Å². The maximum absolute atomic E-state index is 12.1. The van der Waals surface area contributed by atoms with Crippen LogP contribution in [0.3, 0.4) is 0 Å². The first kappa shape index (κ1) is 20.3. The molecule has 2 N–H and O–H groups in total. The van der Waals surface area contributed by atoms with Crippen LogP contribution in [0.5, 0.6) is 11.5 Å². The Morgan fingerprint density at radius 2 is 1.70 bits per heavy atom. The highest BCUT2D eigenvalue weighted by Crippen LogP contribution is 2.13. The van der Waals surface area contributed by atoms with Crippen LogP contribution in [0.25, 0.3) is 0 Å². The first-order chi connectivity index (χ1) is 13.1. The Bertz CT molecular complexity index is 744. The van der Waals surface area contributed by atoms with E-state index in [9.17, 15) is 9.59 Å². The quantitative estimate of drug-likeness (QED) is 0.524. The third-order valence-electron chi connectivity index (χ3n) is 3.81. The average Bonchev–Trinajstić information content (AvgIpc) is 2.68. The molecule has 0 atom stereocenters. The second-order valence-corrected chi connectivity index (χ2v) is 6.19. The van der Waals surface area contributed by atoms with Gasteiger partial charge in [0.2, 0.25) is 0 Å². The maximum atomic E-state index is 12.1. The zero-order chi connectivity index (χ0) is 19.5. The van der Waals surface area contributed by atoms with Crippen LogP contribution in [-0.4, -0.2) is 25.0 Å². The van der Waals surface area contributed by atoms with Gasteiger partial charge < -0.3 is 9.47 Å². The minimum absolute atomic E-state index is 0.186. The fraction of sp³-hybridized carbons (Fsp3) is 0.333. The number of aryl methyl sites for hydroxylation is 1. The number of hydrogen-bond acceptors (Lipinski definition) is 4. The molecule has 2 amide bonds. The van der Waals surface area contributed by atoms with E-state index < -0.39 is 11.8 Å². The van der Waals surface area contributed by atoms with E-state index in [2.05, 4.69) is 17.8 Å². The first-order valence-corrected chi connectivity index (χ1v) is 9.10. The molecular formula is C21H26N2O4. The van der Waals surface area contributed by atoms with Gasteiger partial charge in [0.1, 0.15) is 11.5 Å². The summed E-state index contributed by atoms with van der Waals surface area (Å²) in [4.78, 5) is 23.9. The predicted molar refractivity (Wildman–Crippen MR) is 104 cm³/mol. The largest absolute Gasteiger partial charge is 0.494 e. The van der Waals surface area contributed by atoms with E-state index >= 15 is 0 Å². The molecule has 0 unspecified atom stereocenters. The molecule has 6 nitrogen and oxygen atoms in total. The molecule has 0 saturated heterocycles. The second-order valence-electron chi connectivity index (χ2n) is 6.19. The molecule has 6 heteroatoms. The van der Waals surface area contributed by atoms with E-state index in [1.165, 1.54) is 0 Å². The lowest BCUT2D eigenvalue weighted by atomic mass is 10.2. The number of unbranched alkanes of at least 4 members (excludes halogenated alkanes) is 2. The Hall–Kier alpha value is -3.02. The number of ether oxygens (including phenoxy) is 2. The van der Waals surface area contributed by atoms with Gasteiger partial charge in [-0.1, -0.05) is 31.9 Å². The third-order valence-corrected chi connectivity index (χ3v) is 3.81. The van der Waals surface area contributed by atoms with Crippen LogP contribution in [0.4, 0.5) is 0 Å². The van der Waals surface area contributed by atoms with Gasteiger partial charge >= 0.3 is 0 Å². The normalized spacial score (nSPS) is 10.1. The Morgan fingerprint density at radius 1 is 0.926 bits per heavy atom. The summed E-state index contributed by atoms with van der Waals surface area (Å²) in [7, 11) is 0. The van der Waals surface area contributed by atoms with Crippen LogP contribution in [0.1, 0.15) is 42.1 Å². The number of amides is 2. The molecule has 0 bridgehead atoms. The van der Waals surface area contributed by atoms with Crippen molar-refractivity contribution in [2.45, 2.75) is 33.1 Å². The van der Waals surface area contributed by atoms with Crippen molar-refractivity contribution < 1.29 is 19.1 Å². The molecule has 0 radical (unpaired) electrons. The van der Waals surface area contributed by atoms with Crippen molar-refractivity contribution in [1.82, 2.24) is 10.9 Å². The molecule has 0 aliphatic carbocycles. The Labute approximate surface area is 159 Å². The van der Waals surface area contributed by atoms with Crippen molar-refractivity contribution in [2.75, 3.05) is 13.2 Å². The highest BCUT2D eigenvalue weighted by atomic mass is 16.5. The van der Waals surface area contributed by atoms with Gasteiger partial charge in [-0.2, -0.15) is 0 Å². The van der Waals surface area contributed by atoms with Gasteiger partial charge in [0.25, 0.3) is 11.8 Å². The summed E-state index contributed by atoms with van der Waals surface area (Å²) in [5.41, 5.74) is 6.17. The van der Waals surface area contributed by atoms with Crippen molar-refractivity contribution in [3.8, 4) is 11.5 Å². The van der Waals surface area contributed by atoms with Crippen LogP contribution in [0.2, 0.25) is 0 Å². The number of nitrogens with one attached hydrogen (secondary N) is 2. The average molecular weight is 370 g/mol. The van der Waals surface area contributed by atoms with Crippen LogP contribution >= 0.6 is 0 Å². The van der Waals surface area contributed by atoms with Gasteiger partial charge in [0, 0.05) is 5.56 Å². The van der Waals surface area contributed by atoms with Gasteiger partial charge in [-0.3, -0.25) is 20.4 Å². The first-order valence-electron chi connectivity index (χ1n) is 9.10. The number of hydrogen-bond donors (Lipinski definition) is 2. The van der Waals surface area contributed by atoms with Gasteiger partial charge in [-0.15, -0.1) is 0 Å². The lowest BCUT2D eigenvalue weighted by Crippen LogP contribution is -2.43. The van der Waals surface area contributed by atoms with Crippen molar-refractivity contribution in [2.24, 2.45) is 0 Å².